The molecular weight excluding hydrogens is 246 g/mol. The number of benzene rings is 1. The predicted octanol–water partition coefficient (Wildman–Crippen LogP) is 1.68. The first-order chi connectivity index (χ1) is 9.20. The number of carboxylic acid groups (broad SMARTS) is 1. The highest BCUT2D eigenvalue weighted by atomic mass is 16.5. The van der Waals surface area contributed by atoms with Crippen molar-refractivity contribution < 1.29 is 14.6 Å². The molecule has 0 atom stereocenters. The summed E-state index contributed by atoms with van der Waals surface area (Å²) in [6.07, 6.45) is 2.41. The first-order valence-electron chi connectivity index (χ1n) is 6.04. The van der Waals surface area contributed by atoms with Crippen LogP contribution in [0.2, 0.25) is 0 Å². The normalized spacial score (nSPS) is 10.4. The lowest BCUT2D eigenvalue weighted by molar-refractivity contribution is -0.137. The van der Waals surface area contributed by atoms with Crippen LogP contribution in [0, 0.1) is 0 Å². The number of carboxylic acids is 1. The van der Waals surface area contributed by atoms with E-state index in [1.165, 1.54) is 0 Å². The lowest BCUT2D eigenvalue weighted by Crippen LogP contribution is -2.05. The fourth-order valence-corrected chi connectivity index (χ4v) is 1.70. The second-order valence-corrected chi connectivity index (χ2v) is 3.96. The highest BCUT2D eigenvalue weighted by molar-refractivity contribution is 5.66. The average molecular weight is 261 g/mol. The summed E-state index contributed by atoms with van der Waals surface area (Å²) in [7, 11) is 0. The Bertz CT molecular complexity index is 566. The van der Waals surface area contributed by atoms with Crippen LogP contribution in [-0.4, -0.2) is 32.4 Å². The zero-order chi connectivity index (χ0) is 13.7. The Hall–Kier alpha value is -2.37. The number of aromatic nitrogens is 3. The molecule has 100 valence electrons. The molecule has 0 aliphatic carbocycles. The molecule has 0 aliphatic heterocycles. The molecule has 0 saturated carbocycles. The third-order valence-electron chi connectivity index (χ3n) is 2.62. The second kappa shape index (κ2) is 5.99. The van der Waals surface area contributed by atoms with E-state index in [0.717, 1.165) is 17.9 Å². The smallest absolute Gasteiger partial charge is 0.306 e. The lowest BCUT2D eigenvalue weighted by atomic mass is 10.3. The Morgan fingerprint density at radius 1 is 1.47 bits per heavy atom. The molecule has 6 nitrogen and oxygen atoms in total. The molecular formula is C13H15N3O3. The van der Waals surface area contributed by atoms with Crippen molar-refractivity contribution in [3.8, 4) is 11.4 Å². The van der Waals surface area contributed by atoms with E-state index in [4.69, 9.17) is 9.84 Å². The van der Waals surface area contributed by atoms with Crippen LogP contribution >= 0.6 is 0 Å². The number of nitrogens with zero attached hydrogens (tertiary/aromatic N) is 3. The van der Waals surface area contributed by atoms with Gasteiger partial charge in [-0.15, -0.1) is 10.2 Å². The minimum atomic E-state index is -0.872. The van der Waals surface area contributed by atoms with Gasteiger partial charge < -0.3 is 9.84 Å². The number of aryl methyl sites for hydroxylation is 1. The van der Waals surface area contributed by atoms with Crippen LogP contribution < -0.4 is 4.74 Å². The molecule has 1 aromatic carbocycles. The Labute approximate surface area is 110 Å². The standard InChI is InChI=1S/C13H15N3O3/c1-2-12-15-14-9-16(12)10-4-3-5-11(8-10)19-7-6-13(17)18/h3-5,8-9H,2,6-7H2,1H3,(H,17,18). The highest BCUT2D eigenvalue weighted by Gasteiger charge is 2.05. The molecule has 6 heteroatoms. The first kappa shape index (κ1) is 13.1. The number of aliphatic carboxylic acids is 1. The van der Waals surface area contributed by atoms with Crippen molar-refractivity contribution in [3.63, 3.8) is 0 Å². The number of hydrogen-bond acceptors (Lipinski definition) is 4. The molecule has 0 unspecified atom stereocenters. The predicted molar refractivity (Wildman–Crippen MR) is 68.5 cm³/mol. The van der Waals surface area contributed by atoms with E-state index in [2.05, 4.69) is 10.2 Å². The third kappa shape index (κ3) is 3.31. The van der Waals surface area contributed by atoms with E-state index in [1.54, 1.807) is 12.4 Å². The fourth-order valence-electron chi connectivity index (χ4n) is 1.70. The summed E-state index contributed by atoms with van der Waals surface area (Å²) < 4.78 is 7.27. The van der Waals surface area contributed by atoms with Gasteiger partial charge in [-0.3, -0.25) is 9.36 Å². The first-order valence-corrected chi connectivity index (χ1v) is 6.04. The quantitative estimate of drug-likeness (QED) is 0.856. The number of hydrogen-bond donors (Lipinski definition) is 1. The molecule has 1 heterocycles. The Morgan fingerprint density at radius 2 is 2.32 bits per heavy atom. The number of rotatable bonds is 6. The topological polar surface area (TPSA) is 77.2 Å². The maximum absolute atomic E-state index is 10.4. The van der Waals surface area contributed by atoms with Crippen molar-refractivity contribution >= 4 is 5.97 Å². The van der Waals surface area contributed by atoms with Gasteiger partial charge in [-0.05, 0) is 12.1 Å². The van der Waals surface area contributed by atoms with Crippen LogP contribution in [0.25, 0.3) is 5.69 Å². The average Bonchev–Trinajstić information content (AvgIpc) is 2.87. The van der Waals surface area contributed by atoms with E-state index < -0.39 is 5.97 Å². The molecule has 0 radical (unpaired) electrons. The van der Waals surface area contributed by atoms with Crippen molar-refractivity contribution in [1.82, 2.24) is 14.8 Å². The molecule has 0 spiro atoms. The van der Waals surface area contributed by atoms with Gasteiger partial charge >= 0.3 is 5.97 Å². The largest absolute Gasteiger partial charge is 0.493 e. The molecule has 2 aromatic rings. The van der Waals surface area contributed by atoms with E-state index in [0.29, 0.717) is 5.75 Å². The minimum absolute atomic E-state index is 0.0168. The summed E-state index contributed by atoms with van der Waals surface area (Å²) in [6, 6.07) is 7.41. The maximum atomic E-state index is 10.4. The SMILES string of the molecule is CCc1nncn1-c1cccc(OCCC(=O)O)c1. The summed E-state index contributed by atoms with van der Waals surface area (Å²) >= 11 is 0. The zero-order valence-electron chi connectivity index (χ0n) is 10.6. The van der Waals surface area contributed by atoms with Crippen molar-refractivity contribution in [2.75, 3.05) is 6.61 Å². The van der Waals surface area contributed by atoms with E-state index in [9.17, 15) is 4.79 Å². The van der Waals surface area contributed by atoms with Gasteiger partial charge in [0.2, 0.25) is 0 Å². The second-order valence-electron chi connectivity index (χ2n) is 3.96. The monoisotopic (exact) mass is 261 g/mol. The molecule has 19 heavy (non-hydrogen) atoms. The fraction of sp³-hybridized carbons (Fsp3) is 0.308. The van der Waals surface area contributed by atoms with Crippen LogP contribution in [-0.2, 0) is 11.2 Å². The van der Waals surface area contributed by atoms with Gasteiger partial charge in [0.15, 0.2) is 0 Å². The summed E-state index contributed by atoms with van der Waals surface area (Å²) in [4.78, 5) is 10.4. The van der Waals surface area contributed by atoms with Crippen LogP contribution in [0.3, 0.4) is 0 Å². The number of carbonyl (C=O) groups is 1. The summed E-state index contributed by atoms with van der Waals surface area (Å²) in [5.74, 6) is 0.625. The summed E-state index contributed by atoms with van der Waals surface area (Å²) in [6.45, 7) is 2.16. The highest BCUT2D eigenvalue weighted by Crippen LogP contribution is 2.18. The van der Waals surface area contributed by atoms with Gasteiger partial charge in [0, 0.05) is 12.5 Å². The van der Waals surface area contributed by atoms with E-state index in [1.807, 2.05) is 29.7 Å². The molecule has 1 N–H and O–H groups in total. The number of ether oxygens (including phenoxy) is 1. The van der Waals surface area contributed by atoms with Gasteiger partial charge in [0.1, 0.15) is 17.9 Å². The van der Waals surface area contributed by atoms with Crippen LogP contribution in [0.5, 0.6) is 5.75 Å². The van der Waals surface area contributed by atoms with Crippen LogP contribution in [0.4, 0.5) is 0 Å². The van der Waals surface area contributed by atoms with Crippen molar-refractivity contribution in [2.45, 2.75) is 19.8 Å². The molecule has 1 aromatic heterocycles. The van der Waals surface area contributed by atoms with Crippen molar-refractivity contribution in [1.29, 1.82) is 0 Å². The van der Waals surface area contributed by atoms with Crippen LogP contribution in [0.15, 0.2) is 30.6 Å². The summed E-state index contributed by atoms with van der Waals surface area (Å²) in [5.41, 5.74) is 0.898. The molecule has 0 fully saturated rings. The Kier molecular flexibility index (Phi) is 4.12. The lowest BCUT2D eigenvalue weighted by Gasteiger charge is -2.08. The van der Waals surface area contributed by atoms with Crippen molar-refractivity contribution in [2.24, 2.45) is 0 Å². The van der Waals surface area contributed by atoms with Gasteiger partial charge in [-0.1, -0.05) is 13.0 Å². The zero-order valence-corrected chi connectivity index (χ0v) is 10.6. The minimum Gasteiger partial charge on any atom is -0.493 e. The van der Waals surface area contributed by atoms with Crippen molar-refractivity contribution in [3.05, 3.63) is 36.4 Å². The van der Waals surface area contributed by atoms with E-state index >= 15 is 0 Å². The maximum Gasteiger partial charge on any atom is 0.306 e. The van der Waals surface area contributed by atoms with Gasteiger partial charge in [-0.25, -0.2) is 0 Å². The molecule has 0 amide bonds. The Balaban J connectivity index is 2.13. The molecule has 0 aliphatic rings. The molecule has 2 rings (SSSR count). The van der Waals surface area contributed by atoms with Gasteiger partial charge in [0.25, 0.3) is 0 Å². The van der Waals surface area contributed by atoms with Gasteiger partial charge in [0.05, 0.1) is 18.7 Å². The van der Waals surface area contributed by atoms with E-state index in [-0.39, 0.29) is 13.0 Å². The Morgan fingerprint density at radius 3 is 3.05 bits per heavy atom. The third-order valence-corrected chi connectivity index (χ3v) is 2.62. The van der Waals surface area contributed by atoms with Gasteiger partial charge in [-0.2, -0.15) is 0 Å². The summed E-state index contributed by atoms with van der Waals surface area (Å²) in [5, 5.41) is 16.5. The molecule has 0 saturated heterocycles. The molecule has 0 bridgehead atoms. The van der Waals surface area contributed by atoms with Crippen LogP contribution in [0.1, 0.15) is 19.2 Å².